The van der Waals surface area contributed by atoms with Crippen molar-refractivity contribution in [1.29, 1.82) is 0 Å². The molecule has 0 bridgehead atoms. The van der Waals surface area contributed by atoms with Crippen LogP contribution in [0.3, 0.4) is 0 Å². The lowest BCUT2D eigenvalue weighted by molar-refractivity contribution is 0.580. The zero-order chi connectivity index (χ0) is 13.7. The molecule has 1 heterocycles. The number of aromatic nitrogens is 2. The Bertz CT molecular complexity index is 630. The Kier molecular flexibility index (Phi) is 4.47. The van der Waals surface area contributed by atoms with Gasteiger partial charge in [-0.1, -0.05) is 12.1 Å². The summed E-state index contributed by atoms with van der Waals surface area (Å²) in [4.78, 5) is 0.199. The molecule has 0 saturated heterocycles. The van der Waals surface area contributed by atoms with Crippen molar-refractivity contribution in [2.75, 3.05) is 0 Å². The fraction of sp³-hybridized carbons (Fsp3) is 0.167. The SMILES string of the molecule is O=S(=O)(NCc1cccnn1)c1ccc(CCl)cc1. The Morgan fingerprint density at radius 2 is 1.89 bits per heavy atom. The molecule has 1 N–H and O–H groups in total. The summed E-state index contributed by atoms with van der Waals surface area (Å²) in [5, 5.41) is 7.49. The van der Waals surface area contributed by atoms with Crippen LogP contribution in [0, 0.1) is 0 Å². The second-order valence-electron chi connectivity index (χ2n) is 3.82. The molecule has 0 radical (unpaired) electrons. The number of benzene rings is 1. The van der Waals surface area contributed by atoms with Crippen LogP contribution in [0.1, 0.15) is 11.3 Å². The number of hydrogen-bond donors (Lipinski definition) is 1. The molecule has 5 nitrogen and oxygen atoms in total. The smallest absolute Gasteiger partial charge is 0.207 e. The Morgan fingerprint density at radius 1 is 1.16 bits per heavy atom. The summed E-state index contributed by atoms with van der Waals surface area (Å²) < 4.78 is 26.5. The van der Waals surface area contributed by atoms with Crippen LogP contribution >= 0.6 is 11.6 Å². The molecule has 1 aromatic carbocycles. The highest BCUT2D eigenvalue weighted by molar-refractivity contribution is 7.89. The van der Waals surface area contributed by atoms with Crippen molar-refractivity contribution >= 4 is 21.6 Å². The third kappa shape index (κ3) is 3.73. The van der Waals surface area contributed by atoms with E-state index in [-0.39, 0.29) is 11.4 Å². The second kappa shape index (κ2) is 6.10. The molecule has 1 aromatic heterocycles. The quantitative estimate of drug-likeness (QED) is 0.853. The van der Waals surface area contributed by atoms with Gasteiger partial charge in [-0.15, -0.1) is 11.6 Å². The number of nitrogens with zero attached hydrogens (tertiary/aromatic N) is 2. The monoisotopic (exact) mass is 297 g/mol. The molecule has 2 rings (SSSR count). The second-order valence-corrected chi connectivity index (χ2v) is 5.85. The molecule has 0 amide bonds. The maximum absolute atomic E-state index is 12.0. The van der Waals surface area contributed by atoms with E-state index in [0.29, 0.717) is 11.6 Å². The van der Waals surface area contributed by atoms with E-state index in [1.165, 1.54) is 18.3 Å². The number of rotatable bonds is 5. The van der Waals surface area contributed by atoms with Gasteiger partial charge in [0.25, 0.3) is 0 Å². The molecule has 19 heavy (non-hydrogen) atoms. The van der Waals surface area contributed by atoms with Gasteiger partial charge in [-0.05, 0) is 29.8 Å². The third-order valence-corrected chi connectivity index (χ3v) is 4.18. The first-order chi connectivity index (χ1) is 9.12. The molecule has 0 atom stereocenters. The van der Waals surface area contributed by atoms with Gasteiger partial charge in [0.2, 0.25) is 10.0 Å². The highest BCUT2D eigenvalue weighted by Crippen LogP contribution is 2.12. The molecule has 0 fully saturated rings. The Balaban J connectivity index is 2.09. The highest BCUT2D eigenvalue weighted by Gasteiger charge is 2.13. The Morgan fingerprint density at radius 3 is 2.47 bits per heavy atom. The molecule has 100 valence electrons. The summed E-state index contributed by atoms with van der Waals surface area (Å²) in [6, 6.07) is 9.82. The number of nitrogens with one attached hydrogen (secondary N) is 1. The third-order valence-electron chi connectivity index (χ3n) is 2.46. The van der Waals surface area contributed by atoms with Crippen LogP contribution < -0.4 is 4.72 Å². The predicted molar refractivity (Wildman–Crippen MR) is 72.1 cm³/mol. The lowest BCUT2D eigenvalue weighted by Gasteiger charge is -2.06. The van der Waals surface area contributed by atoms with Crippen LogP contribution in [0.15, 0.2) is 47.5 Å². The molecule has 0 aliphatic rings. The molecule has 7 heteroatoms. The summed E-state index contributed by atoms with van der Waals surface area (Å²) >= 11 is 5.65. The lowest BCUT2D eigenvalue weighted by atomic mass is 10.2. The lowest BCUT2D eigenvalue weighted by Crippen LogP contribution is -2.23. The average Bonchev–Trinajstić information content (AvgIpc) is 2.46. The first-order valence-corrected chi connectivity index (χ1v) is 7.55. The largest absolute Gasteiger partial charge is 0.240 e. The number of sulfonamides is 1. The van der Waals surface area contributed by atoms with E-state index in [0.717, 1.165) is 5.56 Å². The molecule has 0 aliphatic carbocycles. The van der Waals surface area contributed by atoms with Crippen molar-refractivity contribution in [1.82, 2.24) is 14.9 Å². The van der Waals surface area contributed by atoms with Gasteiger partial charge in [0.1, 0.15) is 0 Å². The van der Waals surface area contributed by atoms with Crippen molar-refractivity contribution in [2.24, 2.45) is 0 Å². The van der Waals surface area contributed by atoms with E-state index in [2.05, 4.69) is 14.9 Å². The van der Waals surface area contributed by atoms with E-state index in [1.807, 2.05) is 0 Å². The van der Waals surface area contributed by atoms with E-state index in [9.17, 15) is 8.42 Å². The van der Waals surface area contributed by atoms with Gasteiger partial charge in [0.05, 0.1) is 17.1 Å². The average molecular weight is 298 g/mol. The van der Waals surface area contributed by atoms with Gasteiger partial charge in [-0.25, -0.2) is 13.1 Å². The van der Waals surface area contributed by atoms with Gasteiger partial charge < -0.3 is 0 Å². The minimum atomic E-state index is -3.54. The first-order valence-electron chi connectivity index (χ1n) is 5.53. The molecule has 0 aliphatic heterocycles. The van der Waals surface area contributed by atoms with Crippen molar-refractivity contribution in [3.05, 3.63) is 53.9 Å². The fourth-order valence-corrected chi connectivity index (χ4v) is 2.61. The van der Waals surface area contributed by atoms with Crippen molar-refractivity contribution in [2.45, 2.75) is 17.3 Å². The van der Waals surface area contributed by atoms with Crippen molar-refractivity contribution < 1.29 is 8.42 Å². The fourth-order valence-electron chi connectivity index (χ4n) is 1.44. The van der Waals surface area contributed by atoms with Gasteiger partial charge in [0, 0.05) is 12.1 Å². The van der Waals surface area contributed by atoms with E-state index < -0.39 is 10.0 Å². The van der Waals surface area contributed by atoms with Gasteiger partial charge >= 0.3 is 0 Å². The van der Waals surface area contributed by atoms with Crippen molar-refractivity contribution in [3.63, 3.8) is 0 Å². The Hall–Kier alpha value is -1.50. The summed E-state index contributed by atoms with van der Waals surface area (Å²) in [5.74, 6) is 0.355. The topological polar surface area (TPSA) is 72.0 Å². The maximum atomic E-state index is 12.0. The van der Waals surface area contributed by atoms with Gasteiger partial charge in [-0.2, -0.15) is 10.2 Å². The van der Waals surface area contributed by atoms with Crippen LogP contribution in [0.5, 0.6) is 0 Å². The summed E-state index contributed by atoms with van der Waals surface area (Å²) in [6.45, 7) is 0.105. The maximum Gasteiger partial charge on any atom is 0.240 e. The molecule has 2 aromatic rings. The summed E-state index contributed by atoms with van der Waals surface area (Å²) in [6.07, 6.45) is 1.53. The Labute approximate surface area is 116 Å². The zero-order valence-corrected chi connectivity index (χ0v) is 11.5. The number of alkyl halides is 1. The zero-order valence-electron chi connectivity index (χ0n) is 9.95. The molecular weight excluding hydrogens is 286 g/mol. The van der Waals surface area contributed by atoms with Gasteiger partial charge in [-0.3, -0.25) is 0 Å². The van der Waals surface area contributed by atoms with Crippen LogP contribution in [-0.4, -0.2) is 18.6 Å². The van der Waals surface area contributed by atoms with E-state index >= 15 is 0 Å². The predicted octanol–water partition coefficient (Wildman–Crippen LogP) is 1.69. The normalized spacial score (nSPS) is 11.4. The number of hydrogen-bond acceptors (Lipinski definition) is 4. The minimum absolute atomic E-state index is 0.105. The molecule has 0 unspecified atom stereocenters. The highest BCUT2D eigenvalue weighted by atomic mass is 35.5. The number of halogens is 1. The summed E-state index contributed by atoms with van der Waals surface area (Å²) in [5.41, 5.74) is 1.43. The summed E-state index contributed by atoms with van der Waals surface area (Å²) in [7, 11) is -3.54. The van der Waals surface area contributed by atoms with E-state index in [1.54, 1.807) is 24.3 Å². The standard InChI is InChI=1S/C12H12ClN3O2S/c13-8-10-3-5-12(6-4-10)19(17,18)15-9-11-2-1-7-14-16-11/h1-7,15H,8-9H2. The van der Waals surface area contributed by atoms with Crippen molar-refractivity contribution in [3.8, 4) is 0 Å². The van der Waals surface area contributed by atoms with Crippen LogP contribution in [0.4, 0.5) is 0 Å². The van der Waals surface area contributed by atoms with Crippen LogP contribution in [0.2, 0.25) is 0 Å². The van der Waals surface area contributed by atoms with Crippen LogP contribution in [0.25, 0.3) is 0 Å². The minimum Gasteiger partial charge on any atom is -0.207 e. The van der Waals surface area contributed by atoms with E-state index in [4.69, 9.17) is 11.6 Å². The molecule has 0 saturated carbocycles. The van der Waals surface area contributed by atoms with Gasteiger partial charge in [0.15, 0.2) is 0 Å². The van der Waals surface area contributed by atoms with Crippen LogP contribution in [-0.2, 0) is 22.4 Å². The molecule has 0 spiro atoms. The first kappa shape index (κ1) is 13.9. The molecular formula is C12H12ClN3O2S.